The van der Waals surface area contributed by atoms with E-state index in [9.17, 15) is 29.2 Å². The molecule has 1 aliphatic carbocycles. The number of esters is 2. The summed E-state index contributed by atoms with van der Waals surface area (Å²) in [6.45, 7) is 3.40. The number of aliphatic hydroxyl groups is 2. The molecule has 1 saturated carbocycles. The van der Waals surface area contributed by atoms with Crippen molar-refractivity contribution < 1.29 is 52.9 Å². The van der Waals surface area contributed by atoms with Crippen LogP contribution in [0.3, 0.4) is 0 Å². The summed E-state index contributed by atoms with van der Waals surface area (Å²) in [5.41, 5.74) is 0. The molecule has 0 saturated heterocycles. The summed E-state index contributed by atoms with van der Waals surface area (Å²) < 4.78 is 26.4. The first-order valence-corrected chi connectivity index (χ1v) is 24.3. The number of Topliss-reactive ketones (excluding diaryl/α,β-unsaturated/α-hetero) is 1. The van der Waals surface area contributed by atoms with Crippen LogP contribution in [-0.4, -0.2) is 69.2 Å². The summed E-state index contributed by atoms with van der Waals surface area (Å²) in [5, 5.41) is 20.7. The Morgan fingerprint density at radius 1 is 0.719 bits per heavy atom. The maximum atomic E-state index is 12.5. The van der Waals surface area contributed by atoms with Crippen molar-refractivity contribution in [2.24, 2.45) is 11.8 Å². The van der Waals surface area contributed by atoms with Gasteiger partial charge in [-0.05, 0) is 51.4 Å². The van der Waals surface area contributed by atoms with Gasteiger partial charge in [-0.2, -0.15) is 0 Å². The Bertz CT molecular complexity index is 1140. The maximum Gasteiger partial charge on any atom is 0.469 e. The Hall–Kier alpha value is -1.88. The summed E-state index contributed by atoms with van der Waals surface area (Å²) in [4.78, 5) is 55.7. The van der Waals surface area contributed by atoms with Crippen LogP contribution in [0.2, 0.25) is 0 Å². The number of phosphoric acid groups is 1. The Labute approximate surface area is 345 Å². The zero-order valence-electron chi connectivity index (χ0n) is 35.7. The predicted octanol–water partition coefficient (Wildman–Crippen LogP) is 10.6. The van der Waals surface area contributed by atoms with Crippen molar-refractivity contribution in [1.29, 1.82) is 0 Å². The van der Waals surface area contributed by atoms with Crippen molar-refractivity contribution >= 4 is 25.5 Å². The molecular weight excluding hydrogens is 747 g/mol. The van der Waals surface area contributed by atoms with Gasteiger partial charge in [0, 0.05) is 31.1 Å². The van der Waals surface area contributed by atoms with E-state index < -0.39 is 44.7 Å². The minimum absolute atomic E-state index is 0.0366. The van der Waals surface area contributed by atoms with E-state index in [1.54, 1.807) is 12.2 Å². The standard InChI is InChI=1S/C45H81O11P/c1-3-5-7-8-9-10-11-12-13-14-15-16-17-18-19-20-21-22-27-31-44(49)54-36-39(37-55-57(51,52)53)56-45(50)32-28-24-23-26-30-40-41(43(48)35-42(40)47)34-33-38(46)29-25-6-4-2/h12-13,33-34,38-41,43,46,48H,3-11,14-32,35-37H2,1-2H3,(H2,51,52,53)/b13-12-,34-33+/t38-,39+,40+,41+,43+/m0/s1. The highest BCUT2D eigenvalue weighted by molar-refractivity contribution is 7.46. The van der Waals surface area contributed by atoms with Gasteiger partial charge in [-0.3, -0.25) is 18.9 Å². The Morgan fingerprint density at radius 3 is 1.81 bits per heavy atom. The van der Waals surface area contributed by atoms with Gasteiger partial charge in [0.2, 0.25) is 0 Å². The molecule has 0 heterocycles. The van der Waals surface area contributed by atoms with Crippen molar-refractivity contribution in [3.8, 4) is 0 Å². The van der Waals surface area contributed by atoms with Gasteiger partial charge in [-0.15, -0.1) is 0 Å². The number of carbonyl (C=O) groups excluding carboxylic acids is 3. The molecule has 1 rings (SSSR count). The summed E-state index contributed by atoms with van der Waals surface area (Å²) in [6.07, 6.45) is 33.7. The van der Waals surface area contributed by atoms with E-state index in [0.717, 1.165) is 51.4 Å². The lowest BCUT2D eigenvalue weighted by molar-refractivity contribution is -0.161. The fourth-order valence-corrected chi connectivity index (χ4v) is 7.74. The Balaban J connectivity index is 2.21. The molecule has 0 bridgehead atoms. The first kappa shape index (κ1) is 53.1. The van der Waals surface area contributed by atoms with Gasteiger partial charge in [0.15, 0.2) is 6.10 Å². The number of rotatable bonds is 38. The van der Waals surface area contributed by atoms with Gasteiger partial charge in [0.25, 0.3) is 0 Å². The molecule has 5 atom stereocenters. The molecule has 11 nitrogen and oxygen atoms in total. The first-order chi connectivity index (χ1) is 27.5. The highest BCUT2D eigenvalue weighted by atomic mass is 31.2. The smallest absolute Gasteiger partial charge is 0.462 e. The van der Waals surface area contributed by atoms with Gasteiger partial charge in [-0.1, -0.05) is 154 Å². The van der Waals surface area contributed by atoms with Crippen LogP contribution >= 0.6 is 7.82 Å². The number of ether oxygens (including phenoxy) is 2. The lowest BCUT2D eigenvalue weighted by Crippen LogP contribution is -2.29. The summed E-state index contributed by atoms with van der Waals surface area (Å²) in [6, 6.07) is 0. The molecule has 0 radical (unpaired) electrons. The number of ketones is 1. The van der Waals surface area contributed by atoms with Crippen LogP contribution in [0.4, 0.5) is 0 Å². The second-order valence-electron chi connectivity index (χ2n) is 16.2. The second-order valence-corrected chi connectivity index (χ2v) is 17.4. The van der Waals surface area contributed by atoms with E-state index in [1.807, 2.05) is 0 Å². The number of aliphatic hydroxyl groups excluding tert-OH is 2. The topological polar surface area (TPSA) is 177 Å². The molecule has 1 aliphatic rings. The average molecular weight is 829 g/mol. The van der Waals surface area contributed by atoms with Crippen LogP contribution in [0.25, 0.3) is 0 Å². The lowest BCUT2D eigenvalue weighted by Gasteiger charge is -2.19. The molecule has 57 heavy (non-hydrogen) atoms. The quantitative estimate of drug-likeness (QED) is 0.0202. The average Bonchev–Trinajstić information content (AvgIpc) is 3.44. The lowest BCUT2D eigenvalue weighted by atomic mass is 9.88. The third kappa shape index (κ3) is 30.8. The van der Waals surface area contributed by atoms with Crippen molar-refractivity contribution in [1.82, 2.24) is 0 Å². The number of hydrogen-bond donors (Lipinski definition) is 4. The van der Waals surface area contributed by atoms with Gasteiger partial charge in [0.1, 0.15) is 12.4 Å². The van der Waals surface area contributed by atoms with Crippen LogP contribution in [0.5, 0.6) is 0 Å². The summed E-state index contributed by atoms with van der Waals surface area (Å²) in [5.74, 6) is -1.60. The molecule has 0 aliphatic heterocycles. The molecule has 0 aromatic rings. The Morgan fingerprint density at radius 2 is 1.23 bits per heavy atom. The normalized spacial score (nSPS) is 18.5. The van der Waals surface area contributed by atoms with Gasteiger partial charge < -0.3 is 29.5 Å². The molecule has 0 aromatic carbocycles. The number of allylic oxidation sites excluding steroid dienone is 2. The fraction of sp³-hybridized carbons (Fsp3) is 0.844. The summed E-state index contributed by atoms with van der Waals surface area (Å²) >= 11 is 0. The molecular formula is C45H81O11P. The molecule has 4 N–H and O–H groups in total. The van der Waals surface area contributed by atoms with Crippen molar-refractivity contribution in [3.05, 3.63) is 24.3 Å². The molecule has 12 heteroatoms. The highest BCUT2D eigenvalue weighted by Gasteiger charge is 2.39. The molecule has 0 spiro atoms. The summed E-state index contributed by atoms with van der Waals surface area (Å²) in [7, 11) is -4.82. The van der Waals surface area contributed by atoms with Gasteiger partial charge in [0.05, 0.1) is 18.8 Å². The van der Waals surface area contributed by atoms with Crippen LogP contribution in [0.1, 0.15) is 200 Å². The third-order valence-electron chi connectivity index (χ3n) is 10.8. The van der Waals surface area contributed by atoms with E-state index in [1.165, 1.54) is 83.5 Å². The minimum atomic E-state index is -4.82. The van der Waals surface area contributed by atoms with E-state index in [2.05, 4.69) is 30.5 Å². The molecule has 0 amide bonds. The van der Waals surface area contributed by atoms with Crippen LogP contribution in [0.15, 0.2) is 24.3 Å². The molecule has 1 fully saturated rings. The largest absolute Gasteiger partial charge is 0.469 e. The number of unbranched alkanes of at least 4 members (excludes halogenated alkanes) is 20. The predicted molar refractivity (Wildman–Crippen MR) is 226 cm³/mol. The zero-order valence-corrected chi connectivity index (χ0v) is 36.6. The van der Waals surface area contributed by atoms with Crippen molar-refractivity contribution in [3.63, 3.8) is 0 Å². The van der Waals surface area contributed by atoms with Crippen molar-refractivity contribution in [2.45, 2.75) is 218 Å². The van der Waals surface area contributed by atoms with Gasteiger partial charge in [-0.25, -0.2) is 4.57 Å². The fourth-order valence-electron chi connectivity index (χ4n) is 7.38. The van der Waals surface area contributed by atoms with Crippen LogP contribution in [0, 0.1) is 11.8 Å². The minimum Gasteiger partial charge on any atom is -0.462 e. The highest BCUT2D eigenvalue weighted by Crippen LogP contribution is 2.36. The first-order valence-electron chi connectivity index (χ1n) is 22.7. The van der Waals surface area contributed by atoms with Crippen LogP contribution < -0.4 is 0 Å². The number of phosphoric ester groups is 1. The number of carbonyl (C=O) groups is 3. The molecule has 332 valence electrons. The van der Waals surface area contributed by atoms with E-state index in [4.69, 9.17) is 19.3 Å². The van der Waals surface area contributed by atoms with E-state index in [0.29, 0.717) is 32.1 Å². The maximum absolute atomic E-state index is 12.5. The van der Waals surface area contributed by atoms with Crippen molar-refractivity contribution in [2.75, 3.05) is 13.2 Å². The SMILES string of the molecule is CCCCCCCC/C=C\CCCCCCCCCCCC(=O)OC[C@H](COP(=O)(O)O)OC(=O)CCCCCC[C@H]1C(=O)C[C@@H](O)[C@@H]1/C=C/[C@@H](O)CCCCC. The second kappa shape index (κ2) is 34.9. The molecule has 0 unspecified atom stereocenters. The van der Waals surface area contributed by atoms with Gasteiger partial charge >= 0.3 is 19.8 Å². The van der Waals surface area contributed by atoms with E-state index in [-0.39, 0.29) is 43.5 Å². The Kier molecular flexibility index (Phi) is 32.6. The number of hydrogen-bond acceptors (Lipinski definition) is 9. The third-order valence-corrected chi connectivity index (χ3v) is 11.3. The van der Waals surface area contributed by atoms with E-state index >= 15 is 0 Å². The monoisotopic (exact) mass is 829 g/mol. The van der Waals surface area contributed by atoms with Crippen LogP contribution in [-0.2, 0) is 32.9 Å². The molecule has 0 aromatic heterocycles. The zero-order chi connectivity index (χ0) is 42.0.